The zero-order valence-electron chi connectivity index (χ0n) is 8.22. The van der Waals surface area contributed by atoms with Gasteiger partial charge in [0.1, 0.15) is 0 Å². The molecule has 0 aliphatic carbocycles. The molecule has 0 radical (unpaired) electrons. The lowest BCUT2D eigenvalue weighted by atomic mass is 10.1. The third kappa shape index (κ3) is 1.78. The lowest BCUT2D eigenvalue weighted by Gasteiger charge is -2.02. The second-order valence-corrected chi connectivity index (χ2v) is 3.18. The number of aromatic hydroxyl groups is 2. The van der Waals surface area contributed by atoms with Gasteiger partial charge in [-0.05, 0) is 12.1 Å². The molecule has 0 saturated heterocycles. The van der Waals surface area contributed by atoms with E-state index < -0.39 is 23.3 Å². The number of nitrogens with zero attached hydrogens (tertiary/aromatic N) is 1. The summed E-state index contributed by atoms with van der Waals surface area (Å²) < 4.78 is 17.8. The molecule has 0 saturated carbocycles. The number of carbonyl (C=O) groups is 1. The normalized spacial score (nSPS) is 10.4. The molecule has 0 bridgehead atoms. The van der Waals surface area contributed by atoms with Crippen molar-refractivity contribution in [3.8, 4) is 22.8 Å². The van der Waals surface area contributed by atoms with E-state index in [4.69, 9.17) is 10.2 Å². The fourth-order valence-corrected chi connectivity index (χ4v) is 1.26. The number of aromatic nitrogens is 1. The van der Waals surface area contributed by atoms with Gasteiger partial charge in [-0.3, -0.25) is 0 Å². The Morgan fingerprint density at radius 2 is 2.06 bits per heavy atom. The number of rotatable bonds is 2. The fraction of sp³-hybridized carbons (Fsp3) is 0. The van der Waals surface area contributed by atoms with E-state index in [1.807, 2.05) is 0 Å². The molecule has 2 aromatic rings. The molecule has 17 heavy (non-hydrogen) atoms. The van der Waals surface area contributed by atoms with Crippen molar-refractivity contribution >= 4 is 5.97 Å². The highest BCUT2D eigenvalue weighted by Gasteiger charge is 2.18. The largest absolute Gasteiger partial charge is 0.505 e. The first-order valence-corrected chi connectivity index (χ1v) is 4.41. The molecule has 1 heterocycles. The zero-order valence-corrected chi connectivity index (χ0v) is 8.22. The fourth-order valence-electron chi connectivity index (χ4n) is 1.26. The van der Waals surface area contributed by atoms with E-state index in [1.165, 1.54) is 6.07 Å². The lowest BCUT2D eigenvalue weighted by molar-refractivity contribution is 0.0686. The van der Waals surface area contributed by atoms with Crippen molar-refractivity contribution < 1.29 is 29.0 Å². The number of carboxylic acids is 1. The van der Waals surface area contributed by atoms with Crippen molar-refractivity contribution in [1.82, 2.24) is 5.16 Å². The van der Waals surface area contributed by atoms with Gasteiger partial charge in [0.05, 0.1) is 5.56 Å². The van der Waals surface area contributed by atoms with Crippen LogP contribution >= 0.6 is 0 Å². The first-order chi connectivity index (χ1) is 8.00. The van der Waals surface area contributed by atoms with Crippen LogP contribution in [0.25, 0.3) is 11.3 Å². The van der Waals surface area contributed by atoms with Crippen LogP contribution in [0.5, 0.6) is 11.5 Å². The lowest BCUT2D eigenvalue weighted by Crippen LogP contribution is -1.94. The van der Waals surface area contributed by atoms with Crippen LogP contribution in [-0.4, -0.2) is 26.4 Å². The molecule has 0 aliphatic heterocycles. The Morgan fingerprint density at radius 3 is 2.65 bits per heavy atom. The van der Waals surface area contributed by atoms with Gasteiger partial charge in [-0.1, -0.05) is 5.16 Å². The molecule has 0 atom stereocenters. The maximum Gasteiger partial charge on any atom is 0.358 e. The number of halogens is 1. The molecule has 2 rings (SSSR count). The molecule has 6 nitrogen and oxygen atoms in total. The summed E-state index contributed by atoms with van der Waals surface area (Å²) in [5.74, 6) is -4.18. The minimum Gasteiger partial charge on any atom is -0.505 e. The van der Waals surface area contributed by atoms with E-state index in [0.29, 0.717) is 0 Å². The Labute approximate surface area is 93.5 Å². The van der Waals surface area contributed by atoms with Crippen LogP contribution in [0.2, 0.25) is 0 Å². The second kappa shape index (κ2) is 3.78. The average molecular weight is 239 g/mol. The third-order valence-corrected chi connectivity index (χ3v) is 2.09. The van der Waals surface area contributed by atoms with E-state index >= 15 is 0 Å². The van der Waals surface area contributed by atoms with Gasteiger partial charge in [0.2, 0.25) is 5.82 Å². The summed E-state index contributed by atoms with van der Waals surface area (Å²) >= 11 is 0. The van der Waals surface area contributed by atoms with Gasteiger partial charge in [-0.25, -0.2) is 4.79 Å². The number of phenolic OH excluding ortho intramolecular Hbond substituents is 2. The molecule has 0 amide bonds. The Balaban J connectivity index is 2.53. The predicted octanol–water partition coefficient (Wildman–Crippen LogP) is 1.59. The van der Waals surface area contributed by atoms with Crippen LogP contribution in [0, 0.1) is 5.82 Å². The second-order valence-electron chi connectivity index (χ2n) is 3.18. The number of hydrogen-bond acceptors (Lipinski definition) is 5. The molecule has 0 spiro atoms. The number of benzene rings is 1. The van der Waals surface area contributed by atoms with Gasteiger partial charge >= 0.3 is 5.97 Å². The van der Waals surface area contributed by atoms with Crippen LogP contribution in [0.1, 0.15) is 10.5 Å². The van der Waals surface area contributed by atoms with Crippen LogP contribution in [0.15, 0.2) is 22.7 Å². The molecule has 1 aromatic carbocycles. The molecule has 3 N–H and O–H groups in total. The highest BCUT2D eigenvalue weighted by atomic mass is 19.1. The van der Waals surface area contributed by atoms with Gasteiger partial charge in [0, 0.05) is 6.07 Å². The minimum absolute atomic E-state index is 0.0969. The van der Waals surface area contributed by atoms with Gasteiger partial charge in [-0.15, -0.1) is 0 Å². The van der Waals surface area contributed by atoms with E-state index in [9.17, 15) is 14.3 Å². The molecule has 0 unspecified atom stereocenters. The maximum atomic E-state index is 13.2. The Kier molecular flexibility index (Phi) is 2.43. The standard InChI is InChI=1S/C10H6FNO5/c11-8-6(13)2-1-4(9(8)14)7-3-5(10(15)16)12-17-7/h1-3,13-14H,(H,15,16). The molecular weight excluding hydrogens is 233 g/mol. The maximum absolute atomic E-state index is 13.2. The van der Waals surface area contributed by atoms with Crippen LogP contribution in [0.3, 0.4) is 0 Å². The number of phenols is 2. The van der Waals surface area contributed by atoms with E-state index in [-0.39, 0.29) is 17.0 Å². The summed E-state index contributed by atoms with van der Waals surface area (Å²) in [4.78, 5) is 10.6. The quantitative estimate of drug-likeness (QED) is 0.735. The van der Waals surface area contributed by atoms with Crippen LogP contribution in [-0.2, 0) is 0 Å². The average Bonchev–Trinajstić information content (AvgIpc) is 2.75. The van der Waals surface area contributed by atoms with E-state index in [1.54, 1.807) is 0 Å². The van der Waals surface area contributed by atoms with Crippen molar-refractivity contribution in [2.24, 2.45) is 0 Å². The van der Waals surface area contributed by atoms with Crippen molar-refractivity contribution in [2.45, 2.75) is 0 Å². The van der Waals surface area contributed by atoms with E-state index in [2.05, 4.69) is 9.68 Å². The number of hydrogen-bond donors (Lipinski definition) is 3. The summed E-state index contributed by atoms with van der Waals surface area (Å²) in [6.45, 7) is 0. The number of carboxylic acid groups (broad SMARTS) is 1. The van der Waals surface area contributed by atoms with Crippen molar-refractivity contribution in [3.05, 3.63) is 29.7 Å². The molecule has 7 heteroatoms. The van der Waals surface area contributed by atoms with E-state index in [0.717, 1.165) is 12.1 Å². The van der Waals surface area contributed by atoms with Crippen molar-refractivity contribution in [1.29, 1.82) is 0 Å². The molecule has 88 valence electrons. The smallest absolute Gasteiger partial charge is 0.358 e. The first-order valence-electron chi connectivity index (χ1n) is 4.41. The highest BCUT2D eigenvalue weighted by molar-refractivity contribution is 5.86. The molecule has 1 aromatic heterocycles. The molecular formula is C10H6FNO5. The minimum atomic E-state index is -1.31. The van der Waals surface area contributed by atoms with Crippen LogP contribution < -0.4 is 0 Å². The topological polar surface area (TPSA) is 104 Å². The summed E-state index contributed by atoms with van der Waals surface area (Å²) in [5, 5.41) is 30.2. The summed E-state index contributed by atoms with van der Waals surface area (Å²) in [7, 11) is 0. The van der Waals surface area contributed by atoms with Gasteiger partial charge in [0.25, 0.3) is 0 Å². The monoisotopic (exact) mass is 239 g/mol. The molecule has 0 aliphatic rings. The summed E-state index contributed by atoms with van der Waals surface area (Å²) in [6, 6.07) is 3.22. The van der Waals surface area contributed by atoms with Gasteiger partial charge in [0.15, 0.2) is 23.0 Å². The first kappa shape index (κ1) is 10.9. The van der Waals surface area contributed by atoms with Gasteiger partial charge in [-0.2, -0.15) is 4.39 Å². The SMILES string of the molecule is O=C(O)c1cc(-c2ccc(O)c(F)c2O)on1. The van der Waals surface area contributed by atoms with Crippen LogP contribution in [0.4, 0.5) is 4.39 Å². The number of aromatic carboxylic acids is 1. The Morgan fingerprint density at radius 1 is 1.35 bits per heavy atom. The Hall–Kier alpha value is -2.57. The summed E-state index contributed by atoms with van der Waals surface area (Å²) in [5.41, 5.74) is -0.465. The van der Waals surface area contributed by atoms with Crippen molar-refractivity contribution in [3.63, 3.8) is 0 Å². The Bertz CT molecular complexity index is 592. The van der Waals surface area contributed by atoms with Crippen molar-refractivity contribution in [2.75, 3.05) is 0 Å². The predicted molar refractivity (Wildman–Crippen MR) is 52.2 cm³/mol. The van der Waals surface area contributed by atoms with Gasteiger partial charge < -0.3 is 19.8 Å². The zero-order chi connectivity index (χ0) is 12.6. The molecule has 0 fully saturated rings. The third-order valence-electron chi connectivity index (χ3n) is 2.09. The highest BCUT2D eigenvalue weighted by Crippen LogP contribution is 2.35. The summed E-state index contributed by atoms with van der Waals surface area (Å²) in [6.07, 6.45) is 0.